The molecule has 0 saturated heterocycles. The maximum atomic E-state index is 13.2. The zero-order valence-electron chi connectivity index (χ0n) is 8.84. The molecule has 17 heavy (non-hydrogen) atoms. The summed E-state index contributed by atoms with van der Waals surface area (Å²) in [6.07, 6.45) is 0. The fourth-order valence-corrected chi connectivity index (χ4v) is 1.39. The largest absolute Gasteiger partial charge is 0.381 e. The lowest BCUT2D eigenvalue weighted by atomic mass is 10.2. The molecule has 88 valence electrons. The fraction of sp³-hybridized carbons (Fsp3) is 0.0909. The summed E-state index contributed by atoms with van der Waals surface area (Å²) in [6.45, 7) is 1.40. The van der Waals surface area contributed by atoms with Gasteiger partial charge in [0.15, 0.2) is 17.5 Å². The van der Waals surface area contributed by atoms with E-state index in [-0.39, 0.29) is 22.9 Å². The van der Waals surface area contributed by atoms with Gasteiger partial charge in [0.2, 0.25) is 0 Å². The zero-order valence-corrected chi connectivity index (χ0v) is 8.84. The van der Waals surface area contributed by atoms with Gasteiger partial charge in [0.1, 0.15) is 11.6 Å². The van der Waals surface area contributed by atoms with Gasteiger partial charge in [0.25, 0.3) is 0 Å². The van der Waals surface area contributed by atoms with E-state index < -0.39 is 17.5 Å². The Labute approximate surface area is 95.1 Å². The number of benzene rings is 1. The van der Waals surface area contributed by atoms with Gasteiger partial charge in [-0.1, -0.05) is 0 Å². The number of nitrogens with two attached hydrogens (primary N) is 1. The number of hydrogen-bond acceptors (Lipinski definition) is 3. The number of aryl methyl sites for hydroxylation is 1. The van der Waals surface area contributed by atoms with Crippen LogP contribution in [0.15, 0.2) is 18.2 Å². The Bertz CT molecular complexity index is 541. The number of anilines is 1. The van der Waals surface area contributed by atoms with E-state index in [0.717, 1.165) is 18.2 Å². The Kier molecular flexibility index (Phi) is 2.71. The summed E-state index contributed by atoms with van der Waals surface area (Å²) < 4.78 is 39.2. The van der Waals surface area contributed by atoms with E-state index in [1.54, 1.807) is 0 Å². The van der Waals surface area contributed by atoms with Crippen LogP contribution in [0, 0.1) is 24.4 Å². The van der Waals surface area contributed by atoms with Crippen LogP contribution < -0.4 is 5.73 Å². The summed E-state index contributed by atoms with van der Waals surface area (Å²) in [5.74, 6) is -2.61. The molecule has 0 unspecified atom stereocenters. The van der Waals surface area contributed by atoms with Crippen LogP contribution >= 0.6 is 0 Å². The number of rotatable bonds is 1. The third-order valence-corrected chi connectivity index (χ3v) is 2.16. The van der Waals surface area contributed by atoms with Gasteiger partial charge in [0, 0.05) is 11.6 Å². The van der Waals surface area contributed by atoms with Gasteiger partial charge in [0.05, 0.1) is 5.69 Å². The lowest BCUT2D eigenvalue weighted by Crippen LogP contribution is -2.03. The Morgan fingerprint density at radius 2 is 1.59 bits per heavy atom. The van der Waals surface area contributed by atoms with Crippen LogP contribution in [0.5, 0.6) is 0 Å². The third kappa shape index (κ3) is 2.20. The van der Waals surface area contributed by atoms with Crippen molar-refractivity contribution in [2.45, 2.75) is 6.92 Å². The molecule has 3 nitrogen and oxygen atoms in total. The highest BCUT2D eigenvalue weighted by atomic mass is 19.1. The van der Waals surface area contributed by atoms with Crippen LogP contribution in [-0.4, -0.2) is 9.97 Å². The van der Waals surface area contributed by atoms with Crippen molar-refractivity contribution in [3.05, 3.63) is 41.3 Å². The van der Waals surface area contributed by atoms with Crippen molar-refractivity contribution in [1.29, 1.82) is 0 Å². The highest BCUT2D eigenvalue weighted by Gasteiger charge is 2.11. The Hall–Kier alpha value is -2.11. The quantitative estimate of drug-likeness (QED) is 0.831. The smallest absolute Gasteiger partial charge is 0.186 e. The van der Waals surface area contributed by atoms with Gasteiger partial charge in [-0.2, -0.15) is 0 Å². The van der Waals surface area contributed by atoms with Crippen molar-refractivity contribution in [2.24, 2.45) is 0 Å². The summed E-state index contributed by atoms with van der Waals surface area (Å²) in [7, 11) is 0. The predicted molar refractivity (Wildman–Crippen MR) is 56.5 cm³/mol. The number of nitrogen functional groups attached to an aromatic ring is 1. The Morgan fingerprint density at radius 3 is 2.12 bits per heavy atom. The van der Waals surface area contributed by atoms with E-state index >= 15 is 0 Å². The molecule has 2 rings (SSSR count). The Balaban J connectivity index is 2.60. The Morgan fingerprint density at radius 1 is 1.00 bits per heavy atom. The minimum atomic E-state index is -0.760. The van der Waals surface area contributed by atoms with Crippen molar-refractivity contribution in [1.82, 2.24) is 9.97 Å². The first-order valence-corrected chi connectivity index (χ1v) is 4.73. The van der Waals surface area contributed by atoms with Crippen LogP contribution in [0.3, 0.4) is 0 Å². The second-order valence-corrected chi connectivity index (χ2v) is 3.49. The number of nitrogens with zero attached hydrogens (tertiary/aromatic N) is 2. The molecule has 2 N–H and O–H groups in total. The molecule has 0 bridgehead atoms. The average molecular weight is 239 g/mol. The topological polar surface area (TPSA) is 51.8 Å². The number of halogens is 3. The van der Waals surface area contributed by atoms with Crippen molar-refractivity contribution in [2.75, 3.05) is 5.73 Å². The van der Waals surface area contributed by atoms with Gasteiger partial charge in [-0.15, -0.1) is 0 Å². The van der Waals surface area contributed by atoms with Crippen molar-refractivity contribution >= 4 is 5.82 Å². The molecular formula is C11H8F3N3. The lowest BCUT2D eigenvalue weighted by molar-refractivity contribution is 0.583. The maximum Gasteiger partial charge on any atom is 0.186 e. The second-order valence-electron chi connectivity index (χ2n) is 3.49. The highest BCUT2D eigenvalue weighted by molar-refractivity contribution is 5.57. The molecule has 1 aromatic heterocycles. The molecule has 6 heteroatoms. The SMILES string of the molecule is Cc1nc(-c2cc(F)cc(F)c2)nc(N)c1F. The molecule has 0 aliphatic carbocycles. The molecule has 0 aliphatic rings. The first-order valence-electron chi connectivity index (χ1n) is 4.73. The normalized spacial score (nSPS) is 10.6. The lowest BCUT2D eigenvalue weighted by Gasteiger charge is -2.05. The van der Waals surface area contributed by atoms with Gasteiger partial charge >= 0.3 is 0 Å². The van der Waals surface area contributed by atoms with Gasteiger partial charge in [-0.25, -0.2) is 23.1 Å². The van der Waals surface area contributed by atoms with E-state index in [0.29, 0.717) is 0 Å². The molecule has 0 saturated carbocycles. The molecular weight excluding hydrogens is 231 g/mol. The summed E-state index contributed by atoms with van der Waals surface area (Å²) in [4.78, 5) is 7.43. The van der Waals surface area contributed by atoms with Crippen molar-refractivity contribution in [3.63, 3.8) is 0 Å². The summed E-state index contributed by atoms with van der Waals surface area (Å²) in [5, 5.41) is 0. The van der Waals surface area contributed by atoms with Crippen LogP contribution in [0.25, 0.3) is 11.4 Å². The monoisotopic (exact) mass is 239 g/mol. The second kappa shape index (κ2) is 4.04. The van der Waals surface area contributed by atoms with Crippen LogP contribution in [0.4, 0.5) is 19.0 Å². The minimum Gasteiger partial charge on any atom is -0.381 e. The van der Waals surface area contributed by atoms with E-state index in [9.17, 15) is 13.2 Å². The molecule has 1 aromatic carbocycles. The number of aromatic nitrogens is 2. The van der Waals surface area contributed by atoms with Crippen molar-refractivity contribution < 1.29 is 13.2 Å². The summed E-state index contributed by atoms with van der Waals surface area (Å²) >= 11 is 0. The summed E-state index contributed by atoms with van der Waals surface area (Å²) in [5.41, 5.74) is 5.46. The van der Waals surface area contributed by atoms with Gasteiger partial charge in [-0.3, -0.25) is 0 Å². The first-order chi connectivity index (χ1) is 7.97. The third-order valence-electron chi connectivity index (χ3n) is 2.16. The standard InChI is InChI=1S/C11H8F3N3/c1-5-9(14)10(15)17-11(16-5)6-2-7(12)4-8(13)3-6/h2-4H,1H3,(H2,15,16,17). The van der Waals surface area contributed by atoms with Crippen LogP contribution in [0.2, 0.25) is 0 Å². The van der Waals surface area contributed by atoms with E-state index in [4.69, 9.17) is 5.73 Å². The van der Waals surface area contributed by atoms with E-state index in [1.165, 1.54) is 6.92 Å². The van der Waals surface area contributed by atoms with E-state index in [2.05, 4.69) is 9.97 Å². The molecule has 0 radical (unpaired) electrons. The molecule has 0 fully saturated rings. The molecule has 0 atom stereocenters. The average Bonchev–Trinajstić information content (AvgIpc) is 2.23. The van der Waals surface area contributed by atoms with Gasteiger partial charge < -0.3 is 5.73 Å². The molecule has 1 heterocycles. The molecule has 0 aliphatic heterocycles. The highest BCUT2D eigenvalue weighted by Crippen LogP contribution is 2.21. The first kappa shape index (κ1) is 11.4. The van der Waals surface area contributed by atoms with E-state index in [1.807, 2.05) is 0 Å². The number of hydrogen-bond donors (Lipinski definition) is 1. The minimum absolute atomic E-state index is 0.0141. The zero-order chi connectivity index (χ0) is 12.6. The van der Waals surface area contributed by atoms with Crippen LogP contribution in [0.1, 0.15) is 5.69 Å². The predicted octanol–water partition coefficient (Wildman–Crippen LogP) is 2.45. The summed E-state index contributed by atoms with van der Waals surface area (Å²) in [6, 6.07) is 2.83. The molecule has 0 spiro atoms. The van der Waals surface area contributed by atoms with Crippen molar-refractivity contribution in [3.8, 4) is 11.4 Å². The van der Waals surface area contributed by atoms with Gasteiger partial charge in [-0.05, 0) is 19.1 Å². The maximum absolute atomic E-state index is 13.2. The molecule has 0 amide bonds. The van der Waals surface area contributed by atoms with Crippen LogP contribution in [-0.2, 0) is 0 Å². The molecule has 2 aromatic rings. The fourth-order valence-electron chi connectivity index (χ4n) is 1.39.